The summed E-state index contributed by atoms with van der Waals surface area (Å²) in [4.78, 5) is 30.0. The molecule has 2 amide bonds. The highest BCUT2D eigenvalue weighted by Crippen LogP contribution is 2.21. The van der Waals surface area contributed by atoms with E-state index in [0.29, 0.717) is 37.5 Å². The number of nitrogens with one attached hydrogen (secondary N) is 2. The van der Waals surface area contributed by atoms with E-state index in [1.165, 1.54) is 0 Å². The zero-order chi connectivity index (χ0) is 19.5. The highest BCUT2D eigenvalue weighted by Gasteiger charge is 2.30. The first-order valence-electron chi connectivity index (χ1n) is 9.45. The Hall–Kier alpha value is -2.79. The molecule has 1 aliphatic heterocycles. The summed E-state index contributed by atoms with van der Waals surface area (Å²) >= 11 is 5.92. The number of aromatic amines is 1. The quantitative estimate of drug-likeness (QED) is 0.688. The van der Waals surface area contributed by atoms with Gasteiger partial charge in [0.05, 0.1) is 12.5 Å². The number of fused-ring (bicyclic) bond motifs is 1. The molecule has 1 unspecified atom stereocenters. The van der Waals surface area contributed by atoms with E-state index in [1.54, 1.807) is 4.90 Å². The van der Waals surface area contributed by atoms with Gasteiger partial charge in [0, 0.05) is 35.7 Å². The first-order valence-corrected chi connectivity index (χ1v) is 9.83. The summed E-state index contributed by atoms with van der Waals surface area (Å²) < 4.78 is 0. The Balaban J connectivity index is 1.35. The lowest BCUT2D eigenvalue weighted by Gasteiger charge is -2.32. The van der Waals surface area contributed by atoms with Gasteiger partial charge in [0.15, 0.2) is 0 Å². The van der Waals surface area contributed by atoms with Crippen molar-refractivity contribution < 1.29 is 9.59 Å². The second-order valence-corrected chi connectivity index (χ2v) is 7.67. The molecule has 0 spiro atoms. The standard InChI is InChI=1S/C22H22ClN3O2/c23-18-8-5-15(6-9-18)13-26-14-17(7-10-21(26)27)22(28)24-12-19-11-16-3-1-2-4-20(16)25-19/h1-6,8-9,11,17,25H,7,10,12-14H2,(H,24,28). The molecule has 1 aliphatic rings. The normalized spacial score (nSPS) is 17.1. The van der Waals surface area contributed by atoms with Gasteiger partial charge >= 0.3 is 0 Å². The molecule has 2 heterocycles. The second-order valence-electron chi connectivity index (χ2n) is 7.24. The number of nitrogens with zero attached hydrogens (tertiary/aromatic N) is 1. The van der Waals surface area contributed by atoms with Gasteiger partial charge in [-0.25, -0.2) is 0 Å². The van der Waals surface area contributed by atoms with Crippen LogP contribution in [0.25, 0.3) is 10.9 Å². The number of rotatable bonds is 5. The van der Waals surface area contributed by atoms with Crippen LogP contribution >= 0.6 is 11.6 Å². The van der Waals surface area contributed by atoms with Gasteiger partial charge in [-0.1, -0.05) is 41.9 Å². The van der Waals surface area contributed by atoms with E-state index in [1.807, 2.05) is 54.6 Å². The monoisotopic (exact) mass is 395 g/mol. The number of carbonyl (C=O) groups is 2. The molecule has 28 heavy (non-hydrogen) atoms. The first kappa shape index (κ1) is 18.6. The molecule has 1 fully saturated rings. The van der Waals surface area contributed by atoms with Gasteiger partial charge in [-0.15, -0.1) is 0 Å². The predicted molar refractivity (Wildman–Crippen MR) is 110 cm³/mol. The van der Waals surface area contributed by atoms with Crippen LogP contribution in [0.2, 0.25) is 5.02 Å². The van der Waals surface area contributed by atoms with E-state index >= 15 is 0 Å². The minimum Gasteiger partial charge on any atom is -0.357 e. The van der Waals surface area contributed by atoms with Crippen LogP contribution in [-0.4, -0.2) is 28.2 Å². The molecule has 2 N–H and O–H groups in total. The SMILES string of the molecule is O=C(NCc1cc2ccccc2[nH]1)C1CCC(=O)N(Cc2ccc(Cl)cc2)C1. The number of amides is 2. The molecule has 4 rings (SSSR count). The van der Waals surface area contributed by atoms with Gasteiger partial charge in [0.25, 0.3) is 0 Å². The van der Waals surface area contributed by atoms with E-state index in [0.717, 1.165) is 22.2 Å². The fourth-order valence-electron chi connectivity index (χ4n) is 3.65. The number of aromatic nitrogens is 1. The molecule has 1 aromatic heterocycles. The molecule has 6 heteroatoms. The average Bonchev–Trinajstić information content (AvgIpc) is 3.12. The molecule has 0 saturated carbocycles. The fraction of sp³-hybridized carbons (Fsp3) is 0.273. The van der Waals surface area contributed by atoms with Gasteiger partial charge in [-0.3, -0.25) is 9.59 Å². The third kappa shape index (κ3) is 4.20. The number of hydrogen-bond acceptors (Lipinski definition) is 2. The molecular formula is C22H22ClN3O2. The van der Waals surface area contributed by atoms with Crippen LogP contribution < -0.4 is 5.32 Å². The maximum absolute atomic E-state index is 12.7. The lowest BCUT2D eigenvalue weighted by molar-refractivity contribution is -0.139. The molecular weight excluding hydrogens is 374 g/mol. The van der Waals surface area contributed by atoms with Crippen molar-refractivity contribution >= 4 is 34.3 Å². The van der Waals surface area contributed by atoms with Gasteiger partial charge in [0.1, 0.15) is 0 Å². The minimum absolute atomic E-state index is 0.00716. The second kappa shape index (κ2) is 8.07. The van der Waals surface area contributed by atoms with Crippen LogP contribution in [0.1, 0.15) is 24.1 Å². The zero-order valence-electron chi connectivity index (χ0n) is 15.5. The van der Waals surface area contributed by atoms with E-state index in [2.05, 4.69) is 10.3 Å². The molecule has 1 saturated heterocycles. The molecule has 5 nitrogen and oxygen atoms in total. The fourth-order valence-corrected chi connectivity index (χ4v) is 3.77. The van der Waals surface area contributed by atoms with Crippen molar-refractivity contribution in [1.82, 2.24) is 15.2 Å². The van der Waals surface area contributed by atoms with Crippen LogP contribution in [-0.2, 0) is 22.7 Å². The van der Waals surface area contributed by atoms with Gasteiger partial charge < -0.3 is 15.2 Å². The number of hydrogen-bond donors (Lipinski definition) is 2. The summed E-state index contributed by atoms with van der Waals surface area (Å²) in [5, 5.41) is 4.81. The number of benzene rings is 2. The van der Waals surface area contributed by atoms with Crippen molar-refractivity contribution in [1.29, 1.82) is 0 Å². The molecule has 0 radical (unpaired) electrons. The number of H-pyrrole nitrogens is 1. The molecule has 1 atom stereocenters. The van der Waals surface area contributed by atoms with E-state index in [9.17, 15) is 9.59 Å². The summed E-state index contributed by atoms with van der Waals surface area (Å²) in [5.41, 5.74) is 3.04. The smallest absolute Gasteiger partial charge is 0.225 e. The van der Waals surface area contributed by atoms with Crippen molar-refractivity contribution in [3.05, 3.63) is 70.9 Å². The molecule has 144 valence electrons. The van der Waals surface area contributed by atoms with Crippen molar-refractivity contribution in [3.8, 4) is 0 Å². The number of piperidine rings is 1. The van der Waals surface area contributed by atoms with Crippen LogP contribution in [0.15, 0.2) is 54.6 Å². The third-order valence-electron chi connectivity index (χ3n) is 5.20. The number of carbonyl (C=O) groups excluding carboxylic acids is 2. The Morgan fingerprint density at radius 1 is 1.18 bits per heavy atom. The number of likely N-dealkylation sites (tertiary alicyclic amines) is 1. The van der Waals surface area contributed by atoms with Crippen molar-refractivity contribution in [2.75, 3.05) is 6.54 Å². The Morgan fingerprint density at radius 3 is 2.75 bits per heavy atom. The van der Waals surface area contributed by atoms with Gasteiger partial charge in [-0.05, 0) is 41.6 Å². The molecule has 0 aliphatic carbocycles. The lowest BCUT2D eigenvalue weighted by atomic mass is 9.96. The maximum Gasteiger partial charge on any atom is 0.225 e. The van der Waals surface area contributed by atoms with E-state index < -0.39 is 0 Å². The van der Waals surface area contributed by atoms with E-state index in [-0.39, 0.29) is 17.7 Å². The number of para-hydroxylation sites is 1. The molecule has 0 bridgehead atoms. The van der Waals surface area contributed by atoms with Crippen molar-refractivity contribution in [2.45, 2.75) is 25.9 Å². The lowest BCUT2D eigenvalue weighted by Crippen LogP contribution is -2.45. The van der Waals surface area contributed by atoms with Crippen LogP contribution in [0.4, 0.5) is 0 Å². The van der Waals surface area contributed by atoms with Crippen molar-refractivity contribution in [3.63, 3.8) is 0 Å². The number of halogens is 1. The topological polar surface area (TPSA) is 65.2 Å². The summed E-state index contributed by atoms with van der Waals surface area (Å²) in [5.74, 6) is -0.101. The van der Waals surface area contributed by atoms with Crippen LogP contribution in [0.5, 0.6) is 0 Å². The highest BCUT2D eigenvalue weighted by atomic mass is 35.5. The van der Waals surface area contributed by atoms with Gasteiger partial charge in [0.2, 0.25) is 11.8 Å². The molecule has 3 aromatic rings. The average molecular weight is 396 g/mol. The van der Waals surface area contributed by atoms with Crippen molar-refractivity contribution in [2.24, 2.45) is 5.92 Å². The zero-order valence-corrected chi connectivity index (χ0v) is 16.2. The summed E-state index contributed by atoms with van der Waals surface area (Å²) in [6.07, 6.45) is 0.993. The highest BCUT2D eigenvalue weighted by molar-refractivity contribution is 6.30. The summed E-state index contributed by atoms with van der Waals surface area (Å²) in [7, 11) is 0. The third-order valence-corrected chi connectivity index (χ3v) is 5.45. The van der Waals surface area contributed by atoms with Crippen LogP contribution in [0.3, 0.4) is 0 Å². The Labute approximate surface area is 168 Å². The van der Waals surface area contributed by atoms with Crippen LogP contribution in [0, 0.1) is 5.92 Å². The van der Waals surface area contributed by atoms with Gasteiger partial charge in [-0.2, -0.15) is 0 Å². The Morgan fingerprint density at radius 2 is 1.96 bits per heavy atom. The minimum atomic E-state index is -0.186. The summed E-state index contributed by atoms with van der Waals surface area (Å²) in [6, 6.07) is 17.5. The first-order chi connectivity index (χ1) is 13.6. The van der Waals surface area contributed by atoms with E-state index in [4.69, 9.17) is 11.6 Å². The Kier molecular flexibility index (Phi) is 5.35. The predicted octanol–water partition coefficient (Wildman–Crippen LogP) is 3.88. The largest absolute Gasteiger partial charge is 0.357 e. The summed E-state index contributed by atoms with van der Waals surface area (Å²) in [6.45, 7) is 1.40. The maximum atomic E-state index is 12.7. The molecule has 2 aromatic carbocycles. The Bertz CT molecular complexity index is 963.